The first-order chi connectivity index (χ1) is 9.35. The van der Waals surface area contributed by atoms with E-state index in [9.17, 15) is 4.79 Å². The van der Waals surface area contributed by atoms with E-state index in [-0.39, 0.29) is 12.1 Å². The van der Waals surface area contributed by atoms with Crippen LogP contribution in [0.25, 0.3) is 0 Å². The van der Waals surface area contributed by atoms with Gasteiger partial charge in [0.15, 0.2) is 0 Å². The fourth-order valence-electron chi connectivity index (χ4n) is 2.99. The number of amides is 1. The van der Waals surface area contributed by atoms with Gasteiger partial charge in [-0.1, -0.05) is 13.3 Å². The lowest BCUT2D eigenvalue weighted by molar-refractivity contribution is 0.0445. The first kappa shape index (κ1) is 15.6. The van der Waals surface area contributed by atoms with Crippen LogP contribution in [-0.2, 0) is 4.74 Å². The number of hydrogen-bond acceptors (Lipinski definition) is 3. The van der Waals surface area contributed by atoms with Crippen molar-refractivity contribution in [1.82, 2.24) is 10.2 Å². The van der Waals surface area contributed by atoms with Gasteiger partial charge in [-0.3, -0.25) is 0 Å². The van der Waals surface area contributed by atoms with E-state index in [0.717, 1.165) is 18.9 Å². The minimum atomic E-state index is -0.420. The zero-order valence-electron chi connectivity index (χ0n) is 13.4. The Hall–Kier alpha value is -0.770. The zero-order chi connectivity index (χ0) is 14.8. The fourth-order valence-corrected chi connectivity index (χ4v) is 2.99. The largest absolute Gasteiger partial charge is 0.444 e. The second kappa shape index (κ2) is 6.33. The molecule has 2 aliphatic rings. The summed E-state index contributed by atoms with van der Waals surface area (Å²) >= 11 is 0. The number of rotatable bonds is 4. The molecule has 0 aromatic heterocycles. The highest BCUT2D eigenvalue weighted by Gasteiger charge is 2.32. The average molecular weight is 282 g/mol. The number of carbonyl (C=O) groups is 1. The molecule has 20 heavy (non-hydrogen) atoms. The van der Waals surface area contributed by atoms with Gasteiger partial charge in [-0.15, -0.1) is 0 Å². The fraction of sp³-hybridized carbons (Fsp3) is 0.938. The molecular formula is C16H30N2O2. The lowest BCUT2D eigenvalue weighted by Crippen LogP contribution is -2.52. The van der Waals surface area contributed by atoms with E-state index in [0.29, 0.717) is 5.92 Å². The van der Waals surface area contributed by atoms with E-state index in [1.165, 1.54) is 32.4 Å². The number of alkyl carbamates (subject to hydrolysis) is 1. The normalized spacial score (nSPS) is 28.2. The van der Waals surface area contributed by atoms with Crippen molar-refractivity contribution in [2.24, 2.45) is 11.8 Å². The van der Waals surface area contributed by atoms with E-state index in [4.69, 9.17) is 4.74 Å². The topological polar surface area (TPSA) is 41.6 Å². The molecule has 0 aromatic carbocycles. The van der Waals surface area contributed by atoms with Crippen molar-refractivity contribution in [3.8, 4) is 0 Å². The Morgan fingerprint density at radius 1 is 1.25 bits per heavy atom. The molecule has 0 aromatic rings. The molecule has 1 saturated carbocycles. The Bertz CT molecular complexity index is 334. The minimum absolute atomic E-state index is 0.238. The molecule has 2 fully saturated rings. The van der Waals surface area contributed by atoms with Gasteiger partial charge in [0, 0.05) is 25.7 Å². The second-order valence-corrected chi connectivity index (χ2v) is 7.52. The van der Waals surface area contributed by atoms with E-state index in [2.05, 4.69) is 17.1 Å². The molecule has 0 spiro atoms. The molecule has 2 atom stereocenters. The van der Waals surface area contributed by atoms with E-state index < -0.39 is 5.60 Å². The molecule has 1 aliphatic heterocycles. The molecule has 116 valence electrons. The summed E-state index contributed by atoms with van der Waals surface area (Å²) in [6.45, 7) is 11.3. The zero-order valence-corrected chi connectivity index (χ0v) is 13.4. The molecule has 1 amide bonds. The first-order valence-electron chi connectivity index (χ1n) is 8.07. The summed E-state index contributed by atoms with van der Waals surface area (Å²) in [6, 6.07) is 0.238. The van der Waals surface area contributed by atoms with E-state index >= 15 is 0 Å². The third kappa shape index (κ3) is 5.31. The van der Waals surface area contributed by atoms with Gasteiger partial charge < -0.3 is 15.0 Å². The molecule has 4 heteroatoms. The van der Waals surface area contributed by atoms with Gasteiger partial charge in [0.25, 0.3) is 0 Å². The number of carbonyl (C=O) groups excluding carboxylic acids is 1. The predicted molar refractivity (Wildman–Crippen MR) is 80.7 cm³/mol. The predicted octanol–water partition coefficient (Wildman–Crippen LogP) is 3.02. The molecule has 1 saturated heterocycles. The standard InChI is InChI=1S/C16H30N2O2/c1-5-12-8-14(17-15(19)20-16(2,3)4)11-18(9-12)10-13-6-7-13/h12-14H,5-11H2,1-4H3,(H,17,19). The van der Waals surface area contributed by atoms with Crippen molar-refractivity contribution in [2.45, 2.75) is 65.0 Å². The summed E-state index contributed by atoms with van der Waals surface area (Å²) in [6.07, 6.45) is 4.77. The van der Waals surface area contributed by atoms with Gasteiger partial charge in [-0.05, 0) is 51.9 Å². The van der Waals surface area contributed by atoms with Crippen molar-refractivity contribution in [1.29, 1.82) is 0 Å². The number of likely N-dealkylation sites (tertiary alicyclic amines) is 1. The van der Waals surface area contributed by atoms with Crippen LogP contribution in [0.5, 0.6) is 0 Å². The van der Waals surface area contributed by atoms with Gasteiger partial charge in [-0.2, -0.15) is 0 Å². The molecule has 2 rings (SSSR count). The third-order valence-corrected chi connectivity index (χ3v) is 4.12. The Balaban J connectivity index is 1.83. The van der Waals surface area contributed by atoms with E-state index in [1.807, 2.05) is 20.8 Å². The Morgan fingerprint density at radius 3 is 2.50 bits per heavy atom. The van der Waals surface area contributed by atoms with Crippen LogP contribution in [0.15, 0.2) is 0 Å². The molecule has 0 bridgehead atoms. The number of ether oxygens (including phenoxy) is 1. The quantitative estimate of drug-likeness (QED) is 0.862. The highest BCUT2D eigenvalue weighted by atomic mass is 16.6. The molecule has 1 aliphatic carbocycles. The van der Waals surface area contributed by atoms with Gasteiger partial charge in [-0.25, -0.2) is 4.79 Å². The van der Waals surface area contributed by atoms with Crippen molar-refractivity contribution < 1.29 is 9.53 Å². The van der Waals surface area contributed by atoms with Gasteiger partial charge in [0.05, 0.1) is 0 Å². The molecule has 0 radical (unpaired) electrons. The SMILES string of the molecule is CCC1CC(NC(=O)OC(C)(C)C)CN(CC2CC2)C1. The van der Waals surface area contributed by atoms with Crippen molar-refractivity contribution >= 4 is 6.09 Å². The van der Waals surface area contributed by atoms with E-state index in [1.54, 1.807) is 0 Å². The molecule has 2 unspecified atom stereocenters. The van der Waals surface area contributed by atoms with Crippen LogP contribution < -0.4 is 5.32 Å². The van der Waals surface area contributed by atoms with Crippen LogP contribution in [0.2, 0.25) is 0 Å². The monoisotopic (exact) mass is 282 g/mol. The highest BCUT2D eigenvalue weighted by molar-refractivity contribution is 5.68. The second-order valence-electron chi connectivity index (χ2n) is 7.52. The van der Waals surface area contributed by atoms with Gasteiger partial charge in [0.2, 0.25) is 0 Å². The van der Waals surface area contributed by atoms with Crippen LogP contribution in [0.1, 0.15) is 53.4 Å². The molecule has 1 heterocycles. The van der Waals surface area contributed by atoms with Crippen LogP contribution in [0.3, 0.4) is 0 Å². The summed E-state index contributed by atoms with van der Waals surface area (Å²) in [5, 5.41) is 3.06. The minimum Gasteiger partial charge on any atom is -0.444 e. The maximum Gasteiger partial charge on any atom is 0.407 e. The lowest BCUT2D eigenvalue weighted by atomic mass is 9.92. The van der Waals surface area contributed by atoms with Crippen molar-refractivity contribution in [3.63, 3.8) is 0 Å². The summed E-state index contributed by atoms with van der Waals surface area (Å²) in [7, 11) is 0. The average Bonchev–Trinajstić information content (AvgIpc) is 3.09. The summed E-state index contributed by atoms with van der Waals surface area (Å²) in [5.41, 5.74) is -0.420. The summed E-state index contributed by atoms with van der Waals surface area (Å²) < 4.78 is 5.37. The first-order valence-corrected chi connectivity index (χ1v) is 8.07. The van der Waals surface area contributed by atoms with Gasteiger partial charge in [0.1, 0.15) is 5.60 Å². The number of nitrogens with one attached hydrogen (secondary N) is 1. The lowest BCUT2D eigenvalue weighted by Gasteiger charge is -2.38. The maximum absolute atomic E-state index is 11.9. The summed E-state index contributed by atoms with van der Waals surface area (Å²) in [5.74, 6) is 1.61. The van der Waals surface area contributed by atoms with Crippen LogP contribution >= 0.6 is 0 Å². The number of piperidine rings is 1. The highest BCUT2D eigenvalue weighted by Crippen LogP contribution is 2.31. The number of nitrogens with zero attached hydrogens (tertiary/aromatic N) is 1. The molecule has 4 nitrogen and oxygen atoms in total. The molecular weight excluding hydrogens is 252 g/mol. The Labute approximate surface area is 123 Å². The maximum atomic E-state index is 11.9. The molecule has 1 N–H and O–H groups in total. The Morgan fingerprint density at radius 2 is 1.95 bits per heavy atom. The van der Waals surface area contributed by atoms with Crippen molar-refractivity contribution in [3.05, 3.63) is 0 Å². The van der Waals surface area contributed by atoms with Crippen LogP contribution in [-0.4, -0.2) is 42.3 Å². The third-order valence-electron chi connectivity index (χ3n) is 4.12. The number of hydrogen-bond donors (Lipinski definition) is 1. The van der Waals surface area contributed by atoms with Crippen molar-refractivity contribution in [2.75, 3.05) is 19.6 Å². The summed E-state index contributed by atoms with van der Waals surface area (Å²) in [4.78, 5) is 14.5. The van der Waals surface area contributed by atoms with Gasteiger partial charge >= 0.3 is 6.09 Å². The van der Waals surface area contributed by atoms with Crippen LogP contribution in [0, 0.1) is 11.8 Å². The Kier molecular flexibility index (Phi) is 4.95. The van der Waals surface area contributed by atoms with Crippen LogP contribution in [0.4, 0.5) is 4.79 Å². The smallest absolute Gasteiger partial charge is 0.407 e.